The minimum Gasteiger partial charge on any atom is -0.479 e. The van der Waals surface area contributed by atoms with Crippen LogP contribution in [0, 0.1) is 17.3 Å². The van der Waals surface area contributed by atoms with E-state index in [4.69, 9.17) is 16.3 Å². The van der Waals surface area contributed by atoms with Crippen molar-refractivity contribution in [1.82, 2.24) is 0 Å². The molecule has 3 aliphatic carbocycles. The van der Waals surface area contributed by atoms with Crippen molar-refractivity contribution >= 4 is 5.97 Å². The number of hydrogen-bond acceptors (Lipinski definition) is 8. The van der Waals surface area contributed by atoms with Gasteiger partial charge in [0.25, 0.3) is 0 Å². The second kappa shape index (κ2) is 8.18. The van der Waals surface area contributed by atoms with Crippen LogP contribution in [0.5, 0.6) is 5.75 Å². The number of ether oxygens (including phenoxy) is 2. The summed E-state index contributed by atoms with van der Waals surface area (Å²) in [4.78, 5) is 11.4. The van der Waals surface area contributed by atoms with E-state index in [-0.39, 0.29) is 36.8 Å². The molecule has 12 atom stereocenters. The van der Waals surface area contributed by atoms with Crippen LogP contribution >= 0.6 is 0 Å². The molecule has 1 aromatic carbocycles. The molecule has 1 aromatic rings. The van der Waals surface area contributed by atoms with E-state index in [1.165, 1.54) is 6.07 Å². The Labute approximate surface area is 200 Å². The standard InChI is InChI=1S/C24H32O9/c1-24-7-6-13-12-5-3-11(32-23-19(28)17(26)18(27)20(33-23)22(30)31)8-10(12)2-4-14(13)15(24)9-16(25)21(24)29/h3,5,8,13-21,23,25-29H,2,4,6-7,9H2,1H3,(H,30,31)/t13-,14-,15+,16-,17+,18+,19-,20+,21+,23?,24+/m1/s1/i2D,3D,8D,13D,16D,21D/t2?,13-,14-,15+,16-,17+,18+,19-,20+,21+,23?,24+. The Morgan fingerprint density at radius 1 is 1.24 bits per heavy atom. The average Bonchev–Trinajstić information content (AvgIpc) is 2.98. The molecule has 0 aromatic heterocycles. The lowest BCUT2D eigenvalue weighted by Gasteiger charge is -2.50. The van der Waals surface area contributed by atoms with Crippen LogP contribution in [0.3, 0.4) is 0 Å². The van der Waals surface area contributed by atoms with E-state index in [9.17, 15) is 36.8 Å². The van der Waals surface area contributed by atoms with E-state index in [0.717, 1.165) is 0 Å². The summed E-state index contributed by atoms with van der Waals surface area (Å²) < 4.78 is 62.8. The number of hydrogen-bond donors (Lipinski definition) is 6. The van der Waals surface area contributed by atoms with Gasteiger partial charge in [0.1, 0.15) is 24.1 Å². The SMILES string of the molecule is [2H]c1cc2c(c([2H])c1OC1O[C@H](C(=O)O)[C@@H](O)[C@H](O)[C@H]1O)C([2H])C[C@H]1[C@@H]3C[C@@]([2H])(O)[C@]([2H])(O)[C@@]3(C)CC[C@]21[2H]. The van der Waals surface area contributed by atoms with E-state index in [0.29, 0.717) is 0 Å². The summed E-state index contributed by atoms with van der Waals surface area (Å²) in [7, 11) is 0. The quantitative estimate of drug-likeness (QED) is 0.362. The normalized spacial score (nSPS) is 58.2. The highest BCUT2D eigenvalue weighted by molar-refractivity contribution is 5.73. The first-order chi connectivity index (χ1) is 17.9. The summed E-state index contributed by atoms with van der Waals surface area (Å²) in [5, 5.41) is 61.0. The number of aliphatic hydroxyl groups excluding tert-OH is 3. The summed E-state index contributed by atoms with van der Waals surface area (Å²) in [6.45, 7) is 1.61. The van der Waals surface area contributed by atoms with Gasteiger partial charge in [0.15, 0.2) is 6.10 Å². The lowest BCUT2D eigenvalue weighted by atomic mass is 9.55. The van der Waals surface area contributed by atoms with Crippen LogP contribution in [0.25, 0.3) is 0 Å². The molecule has 6 N–H and O–H groups in total. The molecule has 0 radical (unpaired) electrons. The van der Waals surface area contributed by atoms with E-state index in [1.807, 2.05) is 0 Å². The van der Waals surface area contributed by atoms with Gasteiger partial charge in [-0.25, -0.2) is 4.79 Å². The van der Waals surface area contributed by atoms with Crippen LogP contribution in [-0.2, 0) is 15.9 Å². The fraction of sp³-hybridized carbons (Fsp3) is 0.708. The predicted octanol–water partition coefficient (Wildman–Crippen LogP) is 0.145. The smallest absolute Gasteiger partial charge is 0.335 e. The van der Waals surface area contributed by atoms with Gasteiger partial charge in [-0.2, -0.15) is 0 Å². The lowest BCUT2D eigenvalue weighted by molar-refractivity contribution is -0.271. The first-order valence-corrected chi connectivity index (χ1v) is 11.0. The van der Waals surface area contributed by atoms with Gasteiger partial charge in [-0.3, -0.25) is 0 Å². The van der Waals surface area contributed by atoms with Gasteiger partial charge >= 0.3 is 5.97 Å². The summed E-state index contributed by atoms with van der Waals surface area (Å²) in [6, 6.07) is 0.394. The van der Waals surface area contributed by atoms with Crippen molar-refractivity contribution in [2.45, 2.75) is 87.8 Å². The summed E-state index contributed by atoms with van der Waals surface area (Å²) >= 11 is 0. The molecule has 0 spiro atoms. The molecule has 2 unspecified atom stereocenters. The number of rotatable bonds is 3. The maximum atomic E-state index is 11.4. The maximum Gasteiger partial charge on any atom is 0.335 e. The number of aliphatic carboxylic acids is 1. The number of carboxylic acid groups (broad SMARTS) is 1. The average molecular weight is 471 g/mol. The highest BCUT2D eigenvalue weighted by Gasteiger charge is 2.57. The van der Waals surface area contributed by atoms with Crippen molar-refractivity contribution in [2.75, 3.05) is 0 Å². The Bertz CT molecular complexity index is 1200. The van der Waals surface area contributed by atoms with Gasteiger partial charge in [0.05, 0.1) is 17.6 Å². The minimum absolute atomic E-state index is 0.0140. The van der Waals surface area contributed by atoms with Crippen molar-refractivity contribution < 1.29 is 53.1 Å². The second-order valence-electron chi connectivity index (χ2n) is 9.52. The van der Waals surface area contributed by atoms with Crippen molar-refractivity contribution in [3.8, 4) is 5.75 Å². The molecular formula is C24H32O9. The summed E-state index contributed by atoms with van der Waals surface area (Å²) in [6.07, 6.45) is -15.8. The molecule has 9 heteroatoms. The first kappa shape index (κ1) is 16.8. The molecule has 1 heterocycles. The van der Waals surface area contributed by atoms with Crippen LogP contribution < -0.4 is 4.74 Å². The molecule has 1 saturated heterocycles. The van der Waals surface area contributed by atoms with Crippen molar-refractivity contribution in [3.63, 3.8) is 0 Å². The van der Waals surface area contributed by atoms with Gasteiger partial charge in [-0.15, -0.1) is 0 Å². The van der Waals surface area contributed by atoms with E-state index in [1.54, 1.807) is 6.92 Å². The predicted molar refractivity (Wildman–Crippen MR) is 113 cm³/mol. The number of fused-ring (bicyclic) bond motifs is 5. The Kier molecular flexibility index (Phi) is 4.17. The van der Waals surface area contributed by atoms with Gasteiger partial charge in [0.2, 0.25) is 6.29 Å². The van der Waals surface area contributed by atoms with Gasteiger partial charge < -0.3 is 40.1 Å². The number of carbonyl (C=O) groups is 1. The van der Waals surface area contributed by atoms with Gasteiger partial charge in [-0.1, -0.05) is 13.0 Å². The molecule has 182 valence electrons. The molecule has 5 rings (SSSR count). The molecule has 0 bridgehead atoms. The third kappa shape index (κ3) is 3.57. The fourth-order valence-corrected chi connectivity index (χ4v) is 5.83. The Balaban J connectivity index is 1.53. The van der Waals surface area contributed by atoms with E-state index in [2.05, 4.69) is 0 Å². The minimum atomic E-state index is -2.49. The molecule has 4 aliphatic rings. The zero-order chi connectivity index (χ0) is 29.0. The summed E-state index contributed by atoms with van der Waals surface area (Å²) in [5.74, 6) is -4.86. The van der Waals surface area contributed by atoms with Crippen LogP contribution in [-0.4, -0.2) is 79.5 Å². The number of carboxylic acids is 1. The fourth-order valence-electron chi connectivity index (χ4n) is 5.83. The molecule has 9 nitrogen and oxygen atoms in total. The topological polar surface area (TPSA) is 157 Å². The van der Waals surface area contributed by atoms with Crippen LogP contribution in [0.2, 0.25) is 0 Å². The lowest BCUT2D eigenvalue weighted by Crippen LogP contribution is -2.61. The Morgan fingerprint density at radius 2 is 2.00 bits per heavy atom. The van der Waals surface area contributed by atoms with E-state index >= 15 is 0 Å². The third-order valence-corrected chi connectivity index (χ3v) is 7.75. The van der Waals surface area contributed by atoms with Crippen molar-refractivity contribution in [2.24, 2.45) is 17.3 Å². The van der Waals surface area contributed by atoms with Gasteiger partial charge in [0, 0.05) is 2.74 Å². The number of benzene rings is 1. The zero-order valence-electron chi connectivity index (χ0n) is 23.9. The molecule has 33 heavy (non-hydrogen) atoms. The Morgan fingerprint density at radius 3 is 2.73 bits per heavy atom. The van der Waals surface area contributed by atoms with Crippen LogP contribution in [0.4, 0.5) is 0 Å². The highest BCUT2D eigenvalue weighted by Crippen LogP contribution is 2.61. The largest absolute Gasteiger partial charge is 0.479 e. The third-order valence-electron chi connectivity index (χ3n) is 7.75. The molecular weight excluding hydrogens is 432 g/mol. The highest BCUT2D eigenvalue weighted by atomic mass is 16.7. The Hall–Kier alpha value is -1.75. The zero-order valence-corrected chi connectivity index (χ0v) is 17.9. The van der Waals surface area contributed by atoms with Crippen LogP contribution in [0.1, 0.15) is 57.9 Å². The van der Waals surface area contributed by atoms with Gasteiger partial charge in [-0.05, 0) is 78.4 Å². The van der Waals surface area contributed by atoms with E-state index < -0.39 is 96.2 Å². The molecule has 3 fully saturated rings. The second-order valence-corrected chi connectivity index (χ2v) is 9.52. The van der Waals surface area contributed by atoms with Crippen molar-refractivity contribution in [1.29, 1.82) is 0 Å². The molecule has 1 aliphatic heterocycles. The molecule has 0 amide bonds. The molecule has 2 saturated carbocycles. The summed E-state index contributed by atoms with van der Waals surface area (Å²) in [5.41, 5.74) is -0.925. The monoisotopic (exact) mass is 470 g/mol. The van der Waals surface area contributed by atoms with Crippen molar-refractivity contribution in [3.05, 3.63) is 29.3 Å². The maximum absolute atomic E-state index is 11.4. The van der Waals surface area contributed by atoms with Crippen LogP contribution in [0.15, 0.2) is 18.2 Å². The number of aliphatic hydroxyl groups is 5. The first-order valence-electron chi connectivity index (χ1n) is 14.1.